The number of hydrogen-bond donors (Lipinski definition) is 6. The highest BCUT2D eigenvalue weighted by Crippen LogP contribution is 2.37. The second-order valence-electron chi connectivity index (χ2n) is 17.6. The lowest BCUT2D eigenvalue weighted by Crippen LogP contribution is -2.38. The van der Waals surface area contributed by atoms with Crippen molar-refractivity contribution in [2.75, 3.05) is 49.3 Å². The number of piperidine rings is 1. The summed E-state index contributed by atoms with van der Waals surface area (Å²) in [6.45, 7) is 15.1. The molecule has 0 saturated carbocycles. The SMILES string of the molecule is CCCCN1CCC(Oc2cc(F)c(C(=O)Nc3ccc(Oc4cc(F)c(NC(=O)NC(CC)CC)cc4OC)cc3)cc2F)CC1.CCOc1cc(NC(=O)NC(CC)CC)ccc1Oc1ccc(C(N)=O)cc1. The maximum atomic E-state index is 14.9. The summed E-state index contributed by atoms with van der Waals surface area (Å²) in [6.07, 6.45) is 6.67. The number of benzene rings is 5. The van der Waals surface area contributed by atoms with E-state index in [1.165, 1.54) is 37.4 Å². The third kappa shape index (κ3) is 17.8. The zero-order chi connectivity index (χ0) is 54.4. The van der Waals surface area contributed by atoms with Gasteiger partial charge in [0.15, 0.2) is 40.4 Å². The van der Waals surface area contributed by atoms with E-state index in [9.17, 15) is 32.3 Å². The van der Waals surface area contributed by atoms with Crippen molar-refractivity contribution in [1.82, 2.24) is 15.5 Å². The van der Waals surface area contributed by atoms with Crippen LogP contribution in [0.4, 0.5) is 39.8 Å². The van der Waals surface area contributed by atoms with Gasteiger partial charge in [0, 0.05) is 66.4 Å². The lowest BCUT2D eigenvalue weighted by molar-refractivity contribution is 0.0958. The van der Waals surface area contributed by atoms with Crippen molar-refractivity contribution in [1.29, 1.82) is 0 Å². The number of nitrogens with two attached hydrogens (primary N) is 1. The number of unbranched alkanes of at least 4 members (excludes halogenated alkanes) is 1. The molecule has 0 bridgehead atoms. The molecule has 6 amide bonds. The summed E-state index contributed by atoms with van der Waals surface area (Å²) in [5.41, 5.74) is 5.99. The van der Waals surface area contributed by atoms with E-state index in [-0.39, 0.29) is 52.9 Å². The number of likely N-dealkylation sites (tertiary alicyclic amines) is 1. The molecule has 19 heteroatoms. The average Bonchev–Trinajstić information content (AvgIpc) is 3.40. The number of carbonyl (C=O) groups excluding carboxylic acids is 4. The first kappa shape index (κ1) is 58.2. The predicted octanol–water partition coefficient (Wildman–Crippen LogP) is 12.4. The van der Waals surface area contributed by atoms with E-state index >= 15 is 0 Å². The zero-order valence-corrected chi connectivity index (χ0v) is 43.7. The third-order valence-corrected chi connectivity index (χ3v) is 12.3. The fourth-order valence-corrected chi connectivity index (χ4v) is 7.84. The number of amides is 6. The van der Waals surface area contributed by atoms with E-state index in [0.717, 1.165) is 76.4 Å². The second kappa shape index (κ2) is 29.3. The molecule has 5 aromatic rings. The number of carbonyl (C=O) groups is 4. The number of methoxy groups -OCH3 is 1. The minimum absolute atomic E-state index is 0.0380. The molecule has 0 aromatic heterocycles. The monoisotopic (exact) mass is 1040 g/mol. The number of hydrogen-bond acceptors (Lipinski definition) is 10. The van der Waals surface area contributed by atoms with Crippen LogP contribution >= 0.6 is 0 Å². The molecule has 6 rings (SSSR count). The van der Waals surface area contributed by atoms with Gasteiger partial charge in [-0.15, -0.1) is 0 Å². The van der Waals surface area contributed by atoms with Crippen LogP contribution in [-0.4, -0.2) is 80.3 Å². The summed E-state index contributed by atoms with van der Waals surface area (Å²) in [4.78, 5) is 50.8. The molecule has 0 atom stereocenters. The van der Waals surface area contributed by atoms with E-state index in [0.29, 0.717) is 53.6 Å². The molecule has 7 N–H and O–H groups in total. The van der Waals surface area contributed by atoms with E-state index in [1.807, 2.05) is 34.6 Å². The molecule has 1 heterocycles. The number of rotatable bonds is 23. The van der Waals surface area contributed by atoms with Crippen molar-refractivity contribution in [3.8, 4) is 40.2 Å². The van der Waals surface area contributed by atoms with Gasteiger partial charge in [-0.05, 0) is 125 Å². The topological polar surface area (TPSA) is 204 Å². The summed E-state index contributed by atoms with van der Waals surface area (Å²) in [5, 5.41) is 13.5. The van der Waals surface area contributed by atoms with E-state index in [2.05, 4.69) is 38.4 Å². The smallest absolute Gasteiger partial charge is 0.319 e. The van der Waals surface area contributed by atoms with Crippen molar-refractivity contribution < 1.29 is 56.0 Å². The van der Waals surface area contributed by atoms with Crippen LogP contribution in [0, 0.1) is 17.5 Å². The minimum atomic E-state index is -0.903. The molecule has 1 aliphatic heterocycles. The fraction of sp³-hybridized carbons (Fsp3) is 0.393. The number of nitrogens with zero attached hydrogens (tertiary/aromatic N) is 1. The van der Waals surface area contributed by atoms with E-state index < -0.39 is 40.9 Å². The number of primary amides is 1. The normalized spacial score (nSPS) is 12.5. The quantitative estimate of drug-likeness (QED) is 0.0365. The van der Waals surface area contributed by atoms with Crippen molar-refractivity contribution in [3.63, 3.8) is 0 Å². The Morgan fingerprint density at radius 2 is 1.20 bits per heavy atom. The zero-order valence-electron chi connectivity index (χ0n) is 43.7. The van der Waals surface area contributed by atoms with Crippen LogP contribution in [0.2, 0.25) is 0 Å². The van der Waals surface area contributed by atoms with Crippen LogP contribution in [0.15, 0.2) is 91.0 Å². The highest BCUT2D eigenvalue weighted by atomic mass is 19.1. The van der Waals surface area contributed by atoms with Gasteiger partial charge >= 0.3 is 12.1 Å². The summed E-state index contributed by atoms with van der Waals surface area (Å²) >= 11 is 0. The van der Waals surface area contributed by atoms with E-state index in [1.54, 1.807) is 42.5 Å². The largest absolute Gasteiger partial charge is 0.493 e. The summed E-state index contributed by atoms with van der Waals surface area (Å²) in [7, 11) is 1.38. The lowest BCUT2D eigenvalue weighted by Gasteiger charge is -2.32. The third-order valence-electron chi connectivity index (χ3n) is 12.3. The Morgan fingerprint density at radius 3 is 1.77 bits per heavy atom. The maximum absolute atomic E-state index is 14.9. The van der Waals surface area contributed by atoms with Crippen molar-refractivity contribution >= 4 is 40.9 Å². The summed E-state index contributed by atoms with van der Waals surface area (Å²) in [6, 6.07) is 21.1. The van der Waals surface area contributed by atoms with Gasteiger partial charge in [-0.1, -0.05) is 41.0 Å². The summed E-state index contributed by atoms with van der Waals surface area (Å²) in [5.74, 6) is -1.96. The predicted molar refractivity (Wildman–Crippen MR) is 284 cm³/mol. The Labute approximate surface area is 437 Å². The molecule has 0 aliphatic carbocycles. The van der Waals surface area contributed by atoms with Crippen molar-refractivity contribution in [2.24, 2.45) is 5.73 Å². The van der Waals surface area contributed by atoms with Gasteiger partial charge in [-0.2, -0.15) is 0 Å². The minimum Gasteiger partial charge on any atom is -0.493 e. The molecule has 0 unspecified atom stereocenters. The molecule has 1 saturated heterocycles. The first-order chi connectivity index (χ1) is 36.1. The Bertz CT molecular complexity index is 2660. The number of nitrogens with one attached hydrogen (secondary N) is 5. The molecule has 0 radical (unpaired) electrons. The first-order valence-electron chi connectivity index (χ1n) is 25.4. The fourth-order valence-electron chi connectivity index (χ4n) is 7.84. The van der Waals surface area contributed by atoms with Gasteiger partial charge in [0.2, 0.25) is 5.91 Å². The van der Waals surface area contributed by atoms with Gasteiger partial charge in [0.05, 0.1) is 25.0 Å². The number of urea groups is 2. The highest BCUT2D eigenvalue weighted by Gasteiger charge is 2.24. The highest BCUT2D eigenvalue weighted by molar-refractivity contribution is 6.04. The molecular formula is C56H70F3N7O9. The van der Waals surface area contributed by atoms with Gasteiger partial charge in [-0.3, -0.25) is 9.59 Å². The molecule has 0 spiro atoms. The second-order valence-corrected chi connectivity index (χ2v) is 17.6. The number of anilines is 3. The van der Waals surface area contributed by atoms with E-state index in [4.69, 9.17) is 29.4 Å². The van der Waals surface area contributed by atoms with Crippen molar-refractivity contribution in [3.05, 3.63) is 120 Å². The Balaban J connectivity index is 0.000000316. The standard InChI is InChI=1S/C35H43F3N4O5.C21H27N3O4/c1-5-8-15-42-16-13-25(14-17-42)46-31-19-27(36)26(18-29(31)38)34(43)39-23-9-11-24(12-10-23)47-33-20-28(37)30(21-32(33)45-4)41-35(44)40-22(6-2)7-3;1-4-15(5-2)23-21(26)24-16-9-12-18(19(13-16)27-6-3)28-17-10-7-14(8-11-17)20(22)25/h9-12,18-22,25H,5-8,13-17H2,1-4H3,(H,39,43)(H2,40,41,44);7-13,15H,4-6H2,1-3H3,(H2,22,25)(H2,23,24,26). The Hall–Kier alpha value is -7.67. The number of halogens is 3. The number of ether oxygens (including phenoxy) is 5. The summed E-state index contributed by atoms with van der Waals surface area (Å²) < 4.78 is 73.1. The van der Waals surface area contributed by atoms with Gasteiger partial charge in [0.1, 0.15) is 23.4 Å². The van der Waals surface area contributed by atoms with Crippen molar-refractivity contribution in [2.45, 2.75) is 111 Å². The molecule has 404 valence electrons. The average molecular weight is 1040 g/mol. The Kier molecular flexibility index (Phi) is 22.7. The first-order valence-corrected chi connectivity index (χ1v) is 25.4. The van der Waals surface area contributed by atoms with Gasteiger partial charge in [0.25, 0.3) is 5.91 Å². The molecule has 5 aromatic carbocycles. The van der Waals surface area contributed by atoms with Crippen LogP contribution in [-0.2, 0) is 0 Å². The molecule has 1 aliphatic rings. The van der Waals surface area contributed by atoms with Crippen LogP contribution in [0.1, 0.15) is 114 Å². The Morgan fingerprint density at radius 1 is 0.627 bits per heavy atom. The molecule has 75 heavy (non-hydrogen) atoms. The van der Waals surface area contributed by atoms with Crippen LogP contribution in [0.5, 0.6) is 40.2 Å². The van der Waals surface area contributed by atoms with Gasteiger partial charge < -0.3 is 60.9 Å². The van der Waals surface area contributed by atoms with Crippen LogP contribution in [0.3, 0.4) is 0 Å². The maximum Gasteiger partial charge on any atom is 0.319 e. The lowest BCUT2D eigenvalue weighted by atomic mass is 10.1. The molecule has 1 fully saturated rings. The molecule has 16 nitrogen and oxygen atoms in total. The van der Waals surface area contributed by atoms with Crippen LogP contribution in [0.25, 0.3) is 0 Å². The van der Waals surface area contributed by atoms with Gasteiger partial charge in [-0.25, -0.2) is 22.8 Å². The van der Waals surface area contributed by atoms with Crippen LogP contribution < -0.4 is 56.0 Å². The molecular weight excluding hydrogens is 972 g/mol.